The van der Waals surface area contributed by atoms with Gasteiger partial charge in [0.05, 0.1) is 6.61 Å². The molecule has 0 atom stereocenters. The fourth-order valence-electron chi connectivity index (χ4n) is 2.16. The number of benzene rings is 1. The van der Waals surface area contributed by atoms with Gasteiger partial charge in [-0.2, -0.15) is 0 Å². The third-order valence-corrected chi connectivity index (χ3v) is 3.66. The Morgan fingerprint density at radius 1 is 1.27 bits per heavy atom. The lowest BCUT2D eigenvalue weighted by molar-refractivity contribution is -0.119. The highest BCUT2D eigenvalue weighted by Crippen LogP contribution is 2.22. The summed E-state index contributed by atoms with van der Waals surface area (Å²) < 4.78 is 18.3. The van der Waals surface area contributed by atoms with E-state index >= 15 is 0 Å². The molecule has 0 fully saturated rings. The average Bonchev–Trinajstić information content (AvgIpc) is 2.57. The monoisotopic (exact) mass is 480 g/mol. The van der Waals surface area contributed by atoms with Crippen molar-refractivity contribution in [2.75, 3.05) is 39.9 Å². The number of rotatable bonds is 9. The first-order chi connectivity index (χ1) is 11.9. The van der Waals surface area contributed by atoms with Crippen LogP contribution < -0.4 is 16.0 Å². The van der Waals surface area contributed by atoms with Crippen molar-refractivity contribution in [2.45, 2.75) is 26.2 Å². The second-order valence-electron chi connectivity index (χ2n) is 6.29. The number of hydrogen-bond acceptors (Lipinski definition) is 3. The topological polar surface area (TPSA) is 74.8 Å². The second kappa shape index (κ2) is 12.9. The molecule has 0 aliphatic heterocycles. The Morgan fingerprint density at radius 3 is 2.62 bits per heavy atom. The third kappa shape index (κ3) is 9.33. The highest BCUT2D eigenvalue weighted by atomic mass is 127. The molecule has 1 amide bonds. The minimum absolute atomic E-state index is 0. The summed E-state index contributed by atoms with van der Waals surface area (Å²) in [5.74, 6) is 0.131. The van der Waals surface area contributed by atoms with Crippen molar-refractivity contribution in [1.82, 2.24) is 16.0 Å². The molecule has 0 bridgehead atoms. The van der Waals surface area contributed by atoms with E-state index in [1.54, 1.807) is 13.2 Å². The second-order valence-corrected chi connectivity index (χ2v) is 6.29. The molecule has 0 heterocycles. The predicted molar refractivity (Wildman–Crippen MR) is 114 cm³/mol. The predicted octanol–water partition coefficient (Wildman–Crippen LogP) is 2.04. The van der Waals surface area contributed by atoms with Gasteiger partial charge in [0.25, 0.3) is 0 Å². The maximum Gasteiger partial charge on any atom is 0.241 e. The molecule has 0 saturated heterocycles. The number of aliphatic imine (C=N–C) groups is 1. The van der Waals surface area contributed by atoms with E-state index in [0.29, 0.717) is 32.2 Å². The Bertz CT molecular complexity index is 582. The standard InChI is InChI=1S/C18H29FN4O2.HI/c1-5-20-17(22-12-16(24)21-9-10-25-4)23-13-18(2,3)14-7-6-8-15(19)11-14;/h6-8,11H,5,9-10,12-13H2,1-4H3,(H,21,24)(H2,20,22,23);1H. The maximum absolute atomic E-state index is 13.4. The van der Waals surface area contributed by atoms with Gasteiger partial charge in [0.15, 0.2) is 5.96 Å². The van der Waals surface area contributed by atoms with Crippen molar-refractivity contribution in [1.29, 1.82) is 0 Å². The summed E-state index contributed by atoms with van der Waals surface area (Å²) in [5.41, 5.74) is 0.604. The number of carbonyl (C=O) groups excluding carboxylic acids is 1. The highest BCUT2D eigenvalue weighted by Gasteiger charge is 2.21. The Balaban J connectivity index is 0.00000625. The van der Waals surface area contributed by atoms with E-state index in [1.807, 2.05) is 26.8 Å². The Morgan fingerprint density at radius 2 is 2.00 bits per heavy atom. The first kappa shape index (κ1) is 24.6. The van der Waals surface area contributed by atoms with Crippen molar-refractivity contribution < 1.29 is 13.9 Å². The van der Waals surface area contributed by atoms with Crippen molar-refractivity contribution in [2.24, 2.45) is 4.99 Å². The summed E-state index contributed by atoms with van der Waals surface area (Å²) >= 11 is 0. The van der Waals surface area contributed by atoms with Gasteiger partial charge in [-0.25, -0.2) is 9.38 Å². The average molecular weight is 480 g/mol. The lowest BCUT2D eigenvalue weighted by Crippen LogP contribution is -2.44. The summed E-state index contributed by atoms with van der Waals surface area (Å²) in [6.45, 7) is 8.18. The van der Waals surface area contributed by atoms with E-state index in [1.165, 1.54) is 12.1 Å². The van der Waals surface area contributed by atoms with Gasteiger partial charge in [-0.1, -0.05) is 26.0 Å². The van der Waals surface area contributed by atoms with Gasteiger partial charge >= 0.3 is 0 Å². The number of guanidine groups is 1. The van der Waals surface area contributed by atoms with Gasteiger partial charge in [-0.3, -0.25) is 4.79 Å². The Hall–Kier alpha value is -1.42. The molecule has 0 aromatic heterocycles. The number of methoxy groups -OCH3 is 1. The van der Waals surface area contributed by atoms with Crippen LogP contribution in [0.25, 0.3) is 0 Å². The van der Waals surface area contributed by atoms with Gasteiger partial charge in [0.2, 0.25) is 5.91 Å². The van der Waals surface area contributed by atoms with Gasteiger partial charge in [0.1, 0.15) is 12.4 Å². The molecule has 26 heavy (non-hydrogen) atoms. The van der Waals surface area contributed by atoms with Crippen LogP contribution in [0.3, 0.4) is 0 Å². The number of halogens is 2. The molecule has 1 rings (SSSR count). The normalized spacial score (nSPS) is 11.5. The molecule has 0 unspecified atom stereocenters. The van der Waals surface area contributed by atoms with Gasteiger partial charge < -0.3 is 20.7 Å². The summed E-state index contributed by atoms with van der Waals surface area (Å²) in [6, 6.07) is 6.57. The first-order valence-corrected chi connectivity index (χ1v) is 8.43. The van der Waals surface area contributed by atoms with Crippen LogP contribution >= 0.6 is 24.0 Å². The molecule has 0 aliphatic carbocycles. The van der Waals surface area contributed by atoms with Crippen LogP contribution in [0.4, 0.5) is 4.39 Å². The molecule has 6 nitrogen and oxygen atoms in total. The summed E-state index contributed by atoms with van der Waals surface area (Å²) in [6.07, 6.45) is 0. The summed E-state index contributed by atoms with van der Waals surface area (Å²) in [4.78, 5) is 16.0. The molecular formula is C18H30FIN4O2. The first-order valence-electron chi connectivity index (χ1n) is 8.43. The SMILES string of the molecule is CCNC(=NCC(=O)NCCOC)NCC(C)(C)c1cccc(F)c1.I. The number of nitrogens with one attached hydrogen (secondary N) is 3. The summed E-state index contributed by atoms with van der Waals surface area (Å²) in [5, 5.41) is 9.03. The van der Waals surface area contributed by atoms with E-state index in [-0.39, 0.29) is 47.7 Å². The minimum atomic E-state index is -0.293. The van der Waals surface area contributed by atoms with Crippen molar-refractivity contribution >= 4 is 35.8 Å². The van der Waals surface area contributed by atoms with Crippen LogP contribution in [0, 0.1) is 5.82 Å². The van der Waals surface area contributed by atoms with Crippen molar-refractivity contribution in [3.05, 3.63) is 35.6 Å². The number of amides is 1. The minimum Gasteiger partial charge on any atom is -0.383 e. The third-order valence-electron chi connectivity index (χ3n) is 3.66. The molecule has 1 aromatic carbocycles. The van der Waals surface area contributed by atoms with Crippen LogP contribution in [-0.2, 0) is 14.9 Å². The highest BCUT2D eigenvalue weighted by molar-refractivity contribution is 14.0. The molecule has 0 spiro atoms. The molecule has 3 N–H and O–H groups in total. The molecule has 1 aromatic rings. The van der Waals surface area contributed by atoms with Gasteiger partial charge in [-0.15, -0.1) is 24.0 Å². The lowest BCUT2D eigenvalue weighted by Gasteiger charge is -2.26. The number of ether oxygens (including phenoxy) is 1. The summed E-state index contributed by atoms with van der Waals surface area (Å²) in [7, 11) is 1.58. The molecular weight excluding hydrogens is 450 g/mol. The van der Waals surface area contributed by atoms with Crippen LogP contribution in [0.5, 0.6) is 0 Å². The molecule has 0 saturated carbocycles. The zero-order valence-corrected chi connectivity index (χ0v) is 18.2. The lowest BCUT2D eigenvalue weighted by atomic mass is 9.84. The van der Waals surface area contributed by atoms with Crippen molar-refractivity contribution in [3.8, 4) is 0 Å². The van der Waals surface area contributed by atoms with Crippen LogP contribution in [0.2, 0.25) is 0 Å². The molecule has 148 valence electrons. The van der Waals surface area contributed by atoms with Gasteiger partial charge in [-0.05, 0) is 24.6 Å². The van der Waals surface area contributed by atoms with E-state index in [4.69, 9.17) is 4.74 Å². The molecule has 0 aliphatic rings. The number of nitrogens with zero attached hydrogens (tertiary/aromatic N) is 1. The zero-order valence-electron chi connectivity index (χ0n) is 15.9. The van der Waals surface area contributed by atoms with E-state index < -0.39 is 0 Å². The maximum atomic E-state index is 13.4. The Kier molecular flexibility index (Phi) is 12.2. The Labute approximate surface area is 172 Å². The molecule has 0 radical (unpaired) electrons. The van der Waals surface area contributed by atoms with Crippen molar-refractivity contribution in [3.63, 3.8) is 0 Å². The fraction of sp³-hybridized carbons (Fsp3) is 0.556. The largest absolute Gasteiger partial charge is 0.383 e. The van der Waals surface area contributed by atoms with Crippen LogP contribution in [0.1, 0.15) is 26.3 Å². The fourth-order valence-corrected chi connectivity index (χ4v) is 2.16. The zero-order chi connectivity index (χ0) is 18.7. The van der Waals surface area contributed by atoms with Gasteiger partial charge in [0, 0.05) is 32.2 Å². The van der Waals surface area contributed by atoms with Crippen LogP contribution in [-0.4, -0.2) is 51.8 Å². The van der Waals surface area contributed by atoms with E-state index in [9.17, 15) is 9.18 Å². The van der Waals surface area contributed by atoms with E-state index in [2.05, 4.69) is 20.9 Å². The van der Waals surface area contributed by atoms with Crippen LogP contribution in [0.15, 0.2) is 29.3 Å². The quantitative estimate of drug-likeness (QED) is 0.219. The van der Waals surface area contributed by atoms with E-state index in [0.717, 1.165) is 5.56 Å². The number of hydrogen-bond donors (Lipinski definition) is 3. The smallest absolute Gasteiger partial charge is 0.241 e. The molecule has 8 heteroatoms. The number of carbonyl (C=O) groups is 1.